The first-order chi connectivity index (χ1) is 15.4. The third-order valence-electron chi connectivity index (χ3n) is 5.76. The van der Waals surface area contributed by atoms with Gasteiger partial charge in [-0.1, -0.05) is 0 Å². The van der Waals surface area contributed by atoms with E-state index in [1.165, 1.54) is 32.3 Å². The fourth-order valence-corrected chi connectivity index (χ4v) is 6.38. The Morgan fingerprint density at radius 1 is 1.06 bits per heavy atom. The van der Waals surface area contributed by atoms with Crippen molar-refractivity contribution in [2.24, 2.45) is 7.05 Å². The van der Waals surface area contributed by atoms with Gasteiger partial charge < -0.3 is 0 Å². The first-order valence-corrected chi connectivity index (χ1v) is 12.5. The van der Waals surface area contributed by atoms with E-state index in [1.54, 1.807) is 7.05 Å². The number of thiophene rings is 1. The van der Waals surface area contributed by atoms with Gasteiger partial charge in [0.15, 0.2) is 5.82 Å². The second-order valence-corrected chi connectivity index (χ2v) is 10.6. The van der Waals surface area contributed by atoms with Gasteiger partial charge in [0.1, 0.15) is 10.5 Å². The zero-order chi connectivity index (χ0) is 22.5. The first kappa shape index (κ1) is 21.2. The molecule has 0 saturated carbocycles. The minimum absolute atomic E-state index is 0.0940. The number of fused-ring (bicyclic) bond motifs is 3. The van der Waals surface area contributed by atoms with Crippen molar-refractivity contribution in [1.29, 1.82) is 0 Å². The van der Waals surface area contributed by atoms with E-state index in [0.717, 1.165) is 17.6 Å². The predicted octanol–water partition coefficient (Wildman–Crippen LogP) is 1.68. The normalized spacial score (nSPS) is 16.7. The molecule has 1 aliphatic heterocycles. The summed E-state index contributed by atoms with van der Waals surface area (Å²) in [4.78, 5) is 14.7. The molecule has 4 aromatic rings. The number of nitrogens with zero attached hydrogens (tertiary/aromatic N) is 6. The molecule has 0 aliphatic carbocycles. The molecule has 1 aliphatic rings. The van der Waals surface area contributed by atoms with Crippen molar-refractivity contribution >= 4 is 37.4 Å². The van der Waals surface area contributed by atoms with Crippen LogP contribution in [0.4, 0.5) is 4.39 Å². The Balaban J connectivity index is 1.39. The van der Waals surface area contributed by atoms with Crippen LogP contribution >= 0.6 is 11.3 Å². The van der Waals surface area contributed by atoms with Gasteiger partial charge >= 0.3 is 0 Å². The summed E-state index contributed by atoms with van der Waals surface area (Å²) in [7, 11) is -2.00. The van der Waals surface area contributed by atoms with E-state index in [0.29, 0.717) is 55.4 Å². The summed E-state index contributed by atoms with van der Waals surface area (Å²) in [5.74, 6) is 0.712. The summed E-state index contributed by atoms with van der Waals surface area (Å²) in [5, 5.41) is 10.4. The Kier molecular flexibility index (Phi) is 5.32. The van der Waals surface area contributed by atoms with E-state index < -0.39 is 15.8 Å². The SMILES string of the molecule is Cn1c(=O)c2sccc2n2c(CN3CCCN(S(=O)(=O)c4ccc(F)cc4)CC3)nnc12. The van der Waals surface area contributed by atoms with Crippen LogP contribution in [0.3, 0.4) is 0 Å². The third-order valence-corrected chi connectivity index (χ3v) is 8.57. The summed E-state index contributed by atoms with van der Waals surface area (Å²) in [6, 6.07) is 6.80. The zero-order valence-corrected chi connectivity index (χ0v) is 18.9. The molecule has 168 valence electrons. The number of rotatable bonds is 4. The number of sulfonamides is 1. The monoisotopic (exact) mass is 476 g/mol. The van der Waals surface area contributed by atoms with Crippen molar-refractivity contribution in [3.63, 3.8) is 0 Å². The number of benzene rings is 1. The van der Waals surface area contributed by atoms with Crippen LogP contribution in [0.1, 0.15) is 12.2 Å². The molecule has 0 radical (unpaired) electrons. The molecule has 1 aromatic carbocycles. The van der Waals surface area contributed by atoms with Crippen molar-refractivity contribution in [2.75, 3.05) is 26.2 Å². The summed E-state index contributed by atoms with van der Waals surface area (Å²) in [6.45, 7) is 2.41. The molecule has 9 nitrogen and oxygen atoms in total. The van der Waals surface area contributed by atoms with E-state index in [1.807, 2.05) is 15.8 Å². The van der Waals surface area contributed by atoms with Gasteiger partial charge in [0.25, 0.3) is 5.56 Å². The van der Waals surface area contributed by atoms with Crippen molar-refractivity contribution < 1.29 is 12.8 Å². The highest BCUT2D eigenvalue weighted by Gasteiger charge is 2.27. The Morgan fingerprint density at radius 3 is 2.62 bits per heavy atom. The second kappa shape index (κ2) is 8.03. The fourth-order valence-electron chi connectivity index (χ4n) is 4.06. The maximum absolute atomic E-state index is 13.2. The van der Waals surface area contributed by atoms with Gasteiger partial charge in [-0.15, -0.1) is 21.5 Å². The highest BCUT2D eigenvalue weighted by molar-refractivity contribution is 7.89. The van der Waals surface area contributed by atoms with Gasteiger partial charge in [-0.25, -0.2) is 12.8 Å². The van der Waals surface area contributed by atoms with Crippen molar-refractivity contribution in [2.45, 2.75) is 17.9 Å². The minimum Gasteiger partial charge on any atom is -0.295 e. The number of halogens is 1. The lowest BCUT2D eigenvalue weighted by molar-refractivity contribution is 0.271. The minimum atomic E-state index is -3.68. The largest absolute Gasteiger partial charge is 0.295 e. The Labute approximate surface area is 187 Å². The van der Waals surface area contributed by atoms with E-state index >= 15 is 0 Å². The molecule has 5 rings (SSSR count). The maximum Gasteiger partial charge on any atom is 0.272 e. The van der Waals surface area contributed by atoms with E-state index in [2.05, 4.69) is 15.1 Å². The van der Waals surface area contributed by atoms with Gasteiger partial charge in [-0.3, -0.25) is 18.7 Å². The van der Waals surface area contributed by atoms with Crippen LogP contribution in [0.15, 0.2) is 45.4 Å². The zero-order valence-electron chi connectivity index (χ0n) is 17.3. The highest BCUT2D eigenvalue weighted by Crippen LogP contribution is 2.21. The summed E-state index contributed by atoms with van der Waals surface area (Å²) in [5.41, 5.74) is 0.682. The lowest BCUT2D eigenvalue weighted by Crippen LogP contribution is -2.35. The average Bonchev–Trinajstić information content (AvgIpc) is 3.34. The molecule has 12 heteroatoms. The Morgan fingerprint density at radius 2 is 1.84 bits per heavy atom. The molecule has 4 heterocycles. The molecule has 1 saturated heterocycles. The van der Waals surface area contributed by atoms with Crippen LogP contribution < -0.4 is 5.56 Å². The lowest BCUT2D eigenvalue weighted by Gasteiger charge is -2.21. The molecule has 0 amide bonds. The summed E-state index contributed by atoms with van der Waals surface area (Å²) in [6.07, 6.45) is 0.656. The van der Waals surface area contributed by atoms with Crippen LogP contribution in [0.25, 0.3) is 16.0 Å². The standard InChI is InChI=1S/C20H21FN6O3S2/c1-24-19(28)18-16(7-12-31-18)27-17(22-23-20(24)27)13-25-8-2-9-26(11-10-25)32(29,30)15-5-3-14(21)4-6-15/h3-7,12H,2,8-11,13H2,1H3. The topological polar surface area (TPSA) is 92.8 Å². The quantitative estimate of drug-likeness (QED) is 0.445. The smallest absolute Gasteiger partial charge is 0.272 e. The van der Waals surface area contributed by atoms with Crippen LogP contribution in [0.2, 0.25) is 0 Å². The molecule has 0 N–H and O–H groups in total. The van der Waals surface area contributed by atoms with E-state index in [9.17, 15) is 17.6 Å². The van der Waals surface area contributed by atoms with E-state index in [4.69, 9.17) is 0 Å². The molecule has 0 bridgehead atoms. The van der Waals surface area contributed by atoms with Gasteiger partial charge in [-0.2, -0.15) is 4.31 Å². The molecule has 1 fully saturated rings. The van der Waals surface area contributed by atoms with Crippen LogP contribution in [-0.4, -0.2) is 63.0 Å². The summed E-state index contributed by atoms with van der Waals surface area (Å²) < 4.78 is 44.6. The molecule has 3 aromatic heterocycles. The number of aryl methyl sites for hydroxylation is 1. The van der Waals surface area contributed by atoms with E-state index in [-0.39, 0.29) is 10.5 Å². The van der Waals surface area contributed by atoms with Crippen molar-refractivity contribution in [3.05, 3.63) is 57.7 Å². The molecular weight excluding hydrogens is 455 g/mol. The molecule has 0 unspecified atom stereocenters. The summed E-state index contributed by atoms with van der Waals surface area (Å²) >= 11 is 1.39. The highest BCUT2D eigenvalue weighted by atomic mass is 32.2. The number of aromatic nitrogens is 4. The molecule has 0 spiro atoms. The predicted molar refractivity (Wildman–Crippen MR) is 119 cm³/mol. The van der Waals surface area contributed by atoms with Gasteiger partial charge in [0.05, 0.1) is 17.0 Å². The van der Waals surface area contributed by atoms with Gasteiger partial charge in [0, 0.05) is 26.7 Å². The fraction of sp³-hybridized carbons (Fsp3) is 0.350. The van der Waals surface area contributed by atoms with Crippen LogP contribution in [-0.2, 0) is 23.6 Å². The molecular formula is C20H21FN6O3S2. The number of hydrogen-bond acceptors (Lipinski definition) is 7. The lowest BCUT2D eigenvalue weighted by atomic mass is 10.3. The Bertz CT molecular complexity index is 1460. The van der Waals surface area contributed by atoms with Crippen LogP contribution in [0.5, 0.6) is 0 Å². The number of hydrogen-bond donors (Lipinski definition) is 0. The third kappa shape index (κ3) is 3.52. The van der Waals surface area contributed by atoms with Gasteiger partial charge in [-0.05, 0) is 48.7 Å². The second-order valence-electron chi connectivity index (χ2n) is 7.74. The first-order valence-electron chi connectivity index (χ1n) is 10.1. The van der Waals surface area contributed by atoms with Crippen molar-refractivity contribution in [3.8, 4) is 0 Å². The average molecular weight is 477 g/mol. The molecule has 32 heavy (non-hydrogen) atoms. The molecule has 0 atom stereocenters. The maximum atomic E-state index is 13.2. The Hall–Kier alpha value is -2.67. The van der Waals surface area contributed by atoms with Crippen LogP contribution in [0, 0.1) is 5.82 Å². The van der Waals surface area contributed by atoms with Crippen molar-refractivity contribution in [1.82, 2.24) is 28.4 Å². The van der Waals surface area contributed by atoms with Gasteiger partial charge in [0.2, 0.25) is 15.8 Å².